The third-order valence-corrected chi connectivity index (χ3v) is 0.399. The molecule has 0 bridgehead atoms. The van der Waals surface area contributed by atoms with Crippen molar-refractivity contribution in [1.82, 2.24) is 0 Å². The smallest absolute Gasteiger partial charge is 0.541 e. The molecule has 0 heterocycles. The molecule has 0 saturated heterocycles. The highest BCUT2D eigenvalue weighted by molar-refractivity contribution is 5.92. The Morgan fingerprint density at radius 3 is 2.00 bits per heavy atom. The fourth-order valence-electron chi connectivity index (χ4n) is 0.158. The van der Waals surface area contributed by atoms with E-state index < -0.39 is 11.9 Å². The summed E-state index contributed by atoms with van der Waals surface area (Å²) in [5.74, 6) is -1.64. The van der Waals surface area contributed by atoms with Gasteiger partial charge in [0.05, 0.1) is 6.08 Å². The van der Waals surface area contributed by atoms with Crippen molar-refractivity contribution in [1.29, 1.82) is 0 Å². The van der Waals surface area contributed by atoms with Crippen LogP contribution in [0.4, 0.5) is 0 Å². The van der Waals surface area contributed by atoms with Crippen molar-refractivity contribution in [3.8, 4) is 0 Å². The molecule has 0 aromatic rings. The van der Waals surface area contributed by atoms with Gasteiger partial charge in [0.2, 0.25) is 5.91 Å². The molecule has 8 heavy (non-hydrogen) atoms. The van der Waals surface area contributed by atoms with Crippen LogP contribution in [0.5, 0.6) is 0 Å². The summed E-state index contributed by atoms with van der Waals surface area (Å²) in [5.41, 5.74) is 4.58. The summed E-state index contributed by atoms with van der Waals surface area (Å²) in [6.07, 6.45) is 1.64. The maximum Gasteiger partial charge on any atom is 0.541 e. The van der Waals surface area contributed by atoms with Crippen LogP contribution in [-0.4, -0.2) is 17.0 Å². The van der Waals surface area contributed by atoms with Gasteiger partial charge in [-0.1, -0.05) is 0 Å². The van der Waals surface area contributed by atoms with E-state index in [1.54, 1.807) is 0 Å². The van der Waals surface area contributed by atoms with Gasteiger partial charge in [-0.05, 0) is 0 Å². The average Bonchev–Trinajstić information content (AvgIpc) is 1.61. The molecule has 44 valence electrons. The number of hydrogen-bond donors (Lipinski definition) is 1. The number of carbonyl (C=O) groups is 2. The van der Waals surface area contributed by atoms with Crippen LogP contribution >= 0.6 is 0 Å². The van der Waals surface area contributed by atoms with Crippen molar-refractivity contribution < 1.29 is 14.7 Å². The molecular weight excluding hydrogens is 110 g/mol. The van der Waals surface area contributed by atoms with Crippen molar-refractivity contribution in [3.63, 3.8) is 0 Å². The first-order valence-corrected chi connectivity index (χ1v) is 1.86. The van der Waals surface area contributed by atoms with Crippen LogP contribution in [0, 0.1) is 0 Å². The van der Waals surface area contributed by atoms with E-state index in [1.807, 2.05) is 0 Å². The predicted molar refractivity (Wildman–Crippen MR) is 27.0 cm³/mol. The highest BCUT2D eigenvalue weighted by Gasteiger charge is 1.95. The molecule has 0 atom stereocenters. The minimum atomic E-state index is -0.927. The number of nitrogens with two attached hydrogens (primary N) is 1. The van der Waals surface area contributed by atoms with Crippen LogP contribution in [0.15, 0.2) is 12.2 Å². The Morgan fingerprint density at radius 1 is 1.38 bits per heavy atom. The van der Waals surface area contributed by atoms with Gasteiger partial charge in [0.15, 0.2) is 0 Å². The Morgan fingerprint density at radius 2 is 1.88 bits per heavy atom. The lowest BCUT2D eigenvalue weighted by atomic mass is 10.5. The van der Waals surface area contributed by atoms with Crippen LogP contribution in [0.1, 0.15) is 0 Å². The van der Waals surface area contributed by atoms with E-state index in [4.69, 9.17) is 5.11 Å². The summed E-state index contributed by atoms with van der Waals surface area (Å²) in [5, 5.41) is 6.24. The molecule has 0 aromatic heterocycles. The summed E-state index contributed by atoms with van der Waals surface area (Å²) < 4.78 is 0. The molecule has 0 fully saturated rings. The van der Waals surface area contributed by atoms with E-state index in [1.165, 1.54) is 0 Å². The molecule has 4 heteroatoms. The molecule has 0 spiro atoms. The Balaban J connectivity index is 3.67. The quantitative estimate of drug-likeness (QED) is 0.344. The summed E-state index contributed by atoms with van der Waals surface area (Å²) >= 11 is 0. The summed E-state index contributed by atoms with van der Waals surface area (Å²) in [4.78, 5) is 19.5. The Labute approximate surface area is 45.6 Å². The van der Waals surface area contributed by atoms with Crippen LogP contribution in [0.2, 0.25) is 0 Å². The zero-order valence-corrected chi connectivity index (χ0v) is 4.05. The second-order valence-corrected chi connectivity index (χ2v) is 1.10. The van der Waals surface area contributed by atoms with E-state index in [-0.39, 0.29) is 0 Å². The third-order valence-electron chi connectivity index (χ3n) is 0.399. The van der Waals surface area contributed by atoms with Crippen LogP contribution in [-0.2, 0) is 9.59 Å². The summed E-state index contributed by atoms with van der Waals surface area (Å²) in [6.45, 7) is 0. The first-order valence-electron chi connectivity index (χ1n) is 1.86. The monoisotopic (exact) mass is 116 g/mol. The number of primary amides is 1. The lowest BCUT2D eigenvalue weighted by molar-refractivity contribution is -0.131. The lowest BCUT2D eigenvalue weighted by Gasteiger charge is -1.71. The zero-order chi connectivity index (χ0) is 6.57. The molecule has 0 radical (unpaired) electrons. The zero-order valence-electron chi connectivity index (χ0n) is 4.05. The fourth-order valence-corrected chi connectivity index (χ4v) is 0.158. The van der Waals surface area contributed by atoms with Crippen LogP contribution in [0.25, 0.3) is 0 Å². The minimum absolute atomic E-state index is 0.717. The lowest BCUT2D eigenvalue weighted by Crippen LogP contribution is -2.06. The standard InChI is InChI=1S/C4H5NO3/c5-3(6)1-2-4(7)8/h1-2H,(H2,5,6)(H,7,8)/p+1/b2-1+. The van der Waals surface area contributed by atoms with Gasteiger partial charge >= 0.3 is 5.97 Å². The predicted octanol–water partition coefficient (Wildman–Crippen LogP) is -1.72. The van der Waals surface area contributed by atoms with Crippen molar-refractivity contribution in [2.45, 2.75) is 0 Å². The molecule has 0 aliphatic rings. The van der Waals surface area contributed by atoms with Gasteiger partial charge in [-0.2, -0.15) is 0 Å². The topological polar surface area (TPSA) is 83.1 Å². The van der Waals surface area contributed by atoms with E-state index in [2.05, 4.69) is 5.73 Å². The van der Waals surface area contributed by atoms with Gasteiger partial charge in [0.25, 0.3) is 0 Å². The molecule has 0 rings (SSSR count). The van der Waals surface area contributed by atoms with Gasteiger partial charge in [-0.3, -0.25) is 4.79 Å². The molecule has 0 saturated carbocycles. The summed E-state index contributed by atoms with van der Waals surface area (Å²) in [7, 11) is 0. The highest BCUT2D eigenvalue weighted by atomic mass is 16.4. The van der Waals surface area contributed by atoms with E-state index in [0.717, 1.165) is 12.2 Å². The van der Waals surface area contributed by atoms with Crippen molar-refractivity contribution in [3.05, 3.63) is 12.2 Å². The Kier molecular flexibility index (Phi) is 2.33. The van der Waals surface area contributed by atoms with Gasteiger partial charge in [0.1, 0.15) is 0 Å². The number of rotatable bonds is 2. The normalized spacial score (nSPS) is 9.50. The van der Waals surface area contributed by atoms with Gasteiger partial charge < -0.3 is 10.8 Å². The highest BCUT2D eigenvalue weighted by Crippen LogP contribution is 1.68. The number of amides is 1. The van der Waals surface area contributed by atoms with Gasteiger partial charge in [0, 0.05) is 10.9 Å². The SMILES string of the molecule is NC(=O)/C=C/C(=O)[OH2+]. The molecule has 0 aromatic carbocycles. The van der Waals surface area contributed by atoms with E-state index in [0.29, 0.717) is 0 Å². The number of carbonyl (C=O) groups excluding carboxylic acids is 2. The van der Waals surface area contributed by atoms with Gasteiger partial charge in [-0.25, -0.2) is 0 Å². The first-order chi connectivity index (χ1) is 3.63. The second kappa shape index (κ2) is 2.79. The molecule has 1 amide bonds. The second-order valence-electron chi connectivity index (χ2n) is 1.10. The maximum absolute atomic E-state index is 9.80. The van der Waals surface area contributed by atoms with Gasteiger partial charge in [-0.15, -0.1) is 0 Å². The average molecular weight is 116 g/mol. The van der Waals surface area contributed by atoms with Crippen molar-refractivity contribution in [2.24, 2.45) is 5.73 Å². The number of hydrogen-bond acceptors (Lipinski definition) is 2. The fraction of sp³-hybridized carbons (Fsp3) is 0. The van der Waals surface area contributed by atoms with Crippen LogP contribution < -0.4 is 5.73 Å². The molecule has 4 N–H and O–H groups in total. The Hall–Kier alpha value is -1.32. The Bertz CT molecular complexity index is 122. The third kappa shape index (κ3) is 4.68. The van der Waals surface area contributed by atoms with E-state index in [9.17, 15) is 9.59 Å². The van der Waals surface area contributed by atoms with Crippen molar-refractivity contribution in [2.75, 3.05) is 0 Å². The van der Waals surface area contributed by atoms with Crippen LogP contribution in [0.3, 0.4) is 0 Å². The molecule has 0 aliphatic carbocycles. The largest absolute Gasteiger partial charge is 0.561 e. The minimum Gasteiger partial charge on any atom is -0.561 e. The maximum atomic E-state index is 9.80. The van der Waals surface area contributed by atoms with Crippen molar-refractivity contribution >= 4 is 11.9 Å². The molecule has 0 aliphatic heterocycles. The molecular formula is C4H6NO3+. The molecule has 4 nitrogen and oxygen atoms in total. The first kappa shape index (κ1) is 6.68. The van der Waals surface area contributed by atoms with E-state index >= 15 is 0 Å². The molecule has 0 unspecified atom stereocenters. The summed E-state index contributed by atoms with van der Waals surface area (Å²) in [6, 6.07) is 0.